The molecule has 3 aromatic rings. The van der Waals surface area contributed by atoms with Gasteiger partial charge < -0.3 is 9.47 Å². The predicted molar refractivity (Wildman–Crippen MR) is 128 cm³/mol. The van der Waals surface area contributed by atoms with Gasteiger partial charge in [-0.05, 0) is 69.2 Å². The van der Waals surface area contributed by atoms with E-state index >= 15 is 0 Å². The van der Waals surface area contributed by atoms with Gasteiger partial charge in [0.15, 0.2) is 0 Å². The van der Waals surface area contributed by atoms with Crippen LogP contribution in [0.1, 0.15) is 39.7 Å². The van der Waals surface area contributed by atoms with Gasteiger partial charge in [-0.2, -0.15) is 4.31 Å². The first-order valence-electron chi connectivity index (χ1n) is 11.2. The van der Waals surface area contributed by atoms with Gasteiger partial charge in [0.1, 0.15) is 11.4 Å². The highest BCUT2D eigenvalue weighted by atomic mass is 32.2. The fourth-order valence-corrected chi connectivity index (χ4v) is 5.69. The third kappa shape index (κ3) is 4.94. The van der Waals surface area contributed by atoms with E-state index in [-0.39, 0.29) is 31.0 Å². The highest BCUT2D eigenvalue weighted by molar-refractivity contribution is 7.89. The number of carbonyl (C=O) groups is 2. The molecule has 0 spiro atoms. The molecule has 0 aliphatic carbocycles. The van der Waals surface area contributed by atoms with Crippen LogP contribution in [-0.4, -0.2) is 48.1 Å². The Hall–Kier alpha value is -3.24. The third-order valence-corrected chi connectivity index (χ3v) is 7.51. The smallest absolute Gasteiger partial charge is 0.419 e. The van der Waals surface area contributed by atoms with E-state index in [1.807, 2.05) is 0 Å². The van der Waals surface area contributed by atoms with Gasteiger partial charge in [0.05, 0.1) is 23.4 Å². The van der Waals surface area contributed by atoms with Gasteiger partial charge in [0, 0.05) is 30.2 Å². The van der Waals surface area contributed by atoms with Crippen LogP contribution in [0.4, 0.5) is 9.18 Å². The van der Waals surface area contributed by atoms with Crippen molar-refractivity contribution in [1.29, 1.82) is 0 Å². The van der Waals surface area contributed by atoms with Crippen molar-refractivity contribution in [2.75, 3.05) is 13.2 Å². The number of benzene rings is 2. The van der Waals surface area contributed by atoms with Crippen molar-refractivity contribution >= 4 is 33.0 Å². The first-order chi connectivity index (χ1) is 16.4. The second-order valence-corrected chi connectivity index (χ2v) is 11.2. The summed E-state index contributed by atoms with van der Waals surface area (Å²) in [6, 6.07) is 9.07. The summed E-state index contributed by atoms with van der Waals surface area (Å²) in [6.45, 7) is 7.28. The second kappa shape index (κ2) is 9.09. The molecular weight excluding hydrogens is 475 g/mol. The maximum atomic E-state index is 14.0. The maximum Gasteiger partial charge on any atom is 0.419 e. The van der Waals surface area contributed by atoms with Gasteiger partial charge in [0.2, 0.25) is 10.0 Å². The lowest BCUT2D eigenvalue weighted by Crippen LogP contribution is -2.27. The van der Waals surface area contributed by atoms with Gasteiger partial charge in [-0.3, -0.25) is 9.36 Å². The van der Waals surface area contributed by atoms with Crippen LogP contribution >= 0.6 is 0 Å². The predicted octanol–water partition coefficient (Wildman–Crippen LogP) is 4.69. The van der Waals surface area contributed by atoms with E-state index in [9.17, 15) is 22.4 Å². The average Bonchev–Trinajstić information content (AvgIpc) is 3.25. The summed E-state index contributed by atoms with van der Waals surface area (Å²) in [5.74, 6) is -0.953. The van der Waals surface area contributed by atoms with E-state index < -0.39 is 33.5 Å². The molecule has 1 aromatic heterocycles. The zero-order chi connectivity index (χ0) is 25.5. The molecule has 0 amide bonds. The van der Waals surface area contributed by atoms with Gasteiger partial charge in [-0.15, -0.1) is 0 Å². The van der Waals surface area contributed by atoms with Crippen molar-refractivity contribution in [2.45, 2.75) is 51.2 Å². The van der Waals surface area contributed by atoms with E-state index in [2.05, 4.69) is 0 Å². The fraction of sp³-hybridized carbons (Fsp3) is 0.360. The molecular formula is C25H27FN2O6S. The largest absolute Gasteiger partial charge is 0.466 e. The third-order valence-electron chi connectivity index (χ3n) is 5.56. The molecule has 8 nitrogen and oxygen atoms in total. The summed E-state index contributed by atoms with van der Waals surface area (Å²) in [5.41, 5.74) is 1.49. The Balaban J connectivity index is 1.71. The quantitative estimate of drug-likeness (QED) is 0.470. The molecule has 0 saturated heterocycles. The van der Waals surface area contributed by atoms with Crippen molar-refractivity contribution in [2.24, 2.45) is 0 Å². The molecule has 10 heteroatoms. The summed E-state index contributed by atoms with van der Waals surface area (Å²) < 4.78 is 52.8. The minimum Gasteiger partial charge on any atom is -0.466 e. The number of hydrogen-bond donors (Lipinski definition) is 0. The Bertz CT molecular complexity index is 1420. The molecule has 0 bridgehead atoms. The van der Waals surface area contributed by atoms with Gasteiger partial charge in [-0.25, -0.2) is 17.6 Å². The number of aromatic nitrogens is 1. The number of hydrogen-bond acceptors (Lipinski definition) is 6. The van der Waals surface area contributed by atoms with Gasteiger partial charge in [0.25, 0.3) is 0 Å². The SMILES string of the molecule is CCOC(=O)CCN1Cc2cc(-c3cn(C(=O)OC(C)(C)C)c4cc(F)ccc34)ccc2S1(=O)=O. The molecule has 4 rings (SSSR count). The average molecular weight is 503 g/mol. The number of ether oxygens (including phenoxy) is 2. The summed E-state index contributed by atoms with van der Waals surface area (Å²) in [7, 11) is -3.74. The summed E-state index contributed by atoms with van der Waals surface area (Å²) in [6.07, 6.45) is 0.887. The van der Waals surface area contributed by atoms with E-state index in [0.717, 1.165) is 0 Å². The summed E-state index contributed by atoms with van der Waals surface area (Å²) >= 11 is 0. The Labute approximate surface area is 203 Å². The molecule has 1 aliphatic rings. The standard InChI is InChI=1S/C25H27FN2O6S/c1-5-33-23(29)10-11-27-14-17-12-16(6-9-22(17)35(27,31)32)20-15-28(24(30)34-25(2,3)4)21-13-18(26)7-8-19(20)21/h6-9,12-13,15H,5,10-11,14H2,1-4H3. The molecule has 2 aromatic carbocycles. The Kier molecular flexibility index (Phi) is 6.46. The van der Waals surface area contributed by atoms with Crippen molar-refractivity contribution in [3.8, 4) is 11.1 Å². The number of esters is 1. The van der Waals surface area contributed by atoms with Crippen LogP contribution in [0, 0.1) is 5.82 Å². The molecule has 0 N–H and O–H groups in total. The molecule has 0 radical (unpaired) electrons. The first-order valence-corrected chi connectivity index (χ1v) is 12.7. The Morgan fingerprint density at radius 1 is 1.11 bits per heavy atom. The highest BCUT2D eigenvalue weighted by Gasteiger charge is 2.35. The number of fused-ring (bicyclic) bond motifs is 2. The Morgan fingerprint density at radius 3 is 2.54 bits per heavy atom. The molecule has 1 aliphatic heterocycles. The molecule has 0 saturated carbocycles. The van der Waals surface area contributed by atoms with Crippen LogP contribution in [0.2, 0.25) is 0 Å². The van der Waals surface area contributed by atoms with Gasteiger partial charge in [-0.1, -0.05) is 6.07 Å². The number of carbonyl (C=O) groups excluding carboxylic acids is 2. The number of halogens is 1. The molecule has 186 valence electrons. The van der Waals surface area contributed by atoms with E-state index in [0.29, 0.717) is 27.6 Å². The van der Waals surface area contributed by atoms with Crippen LogP contribution < -0.4 is 0 Å². The summed E-state index contributed by atoms with van der Waals surface area (Å²) in [5, 5.41) is 0.622. The monoisotopic (exact) mass is 502 g/mol. The lowest BCUT2D eigenvalue weighted by molar-refractivity contribution is -0.143. The lowest BCUT2D eigenvalue weighted by atomic mass is 10.0. The van der Waals surface area contributed by atoms with Crippen LogP contribution in [0.25, 0.3) is 22.0 Å². The zero-order valence-corrected chi connectivity index (χ0v) is 20.8. The van der Waals surface area contributed by atoms with E-state index in [1.54, 1.807) is 52.1 Å². The highest BCUT2D eigenvalue weighted by Crippen LogP contribution is 2.37. The number of sulfonamides is 1. The fourth-order valence-electron chi connectivity index (χ4n) is 4.08. The first kappa shape index (κ1) is 24.9. The van der Waals surface area contributed by atoms with E-state index in [1.165, 1.54) is 27.1 Å². The number of nitrogens with zero attached hydrogens (tertiary/aromatic N) is 2. The topological polar surface area (TPSA) is 94.9 Å². The van der Waals surface area contributed by atoms with Crippen molar-refractivity contribution in [3.05, 3.63) is 54.0 Å². The maximum absolute atomic E-state index is 14.0. The number of rotatable bonds is 5. The van der Waals surface area contributed by atoms with Crippen molar-refractivity contribution < 1.29 is 31.9 Å². The normalized spacial score (nSPS) is 15.2. The molecule has 0 fully saturated rings. The summed E-state index contributed by atoms with van der Waals surface area (Å²) in [4.78, 5) is 24.7. The minimum absolute atomic E-state index is 0.0163. The van der Waals surface area contributed by atoms with Crippen LogP contribution in [0.15, 0.2) is 47.5 Å². The lowest BCUT2D eigenvalue weighted by Gasteiger charge is -2.19. The van der Waals surface area contributed by atoms with Gasteiger partial charge >= 0.3 is 12.1 Å². The molecule has 2 heterocycles. The molecule has 35 heavy (non-hydrogen) atoms. The van der Waals surface area contributed by atoms with Crippen LogP contribution in [0.3, 0.4) is 0 Å². The van der Waals surface area contributed by atoms with Crippen LogP contribution in [0.5, 0.6) is 0 Å². The molecule has 0 atom stereocenters. The zero-order valence-electron chi connectivity index (χ0n) is 20.0. The Morgan fingerprint density at radius 2 is 1.86 bits per heavy atom. The minimum atomic E-state index is -3.74. The second-order valence-electron chi connectivity index (χ2n) is 9.27. The van der Waals surface area contributed by atoms with Crippen molar-refractivity contribution in [1.82, 2.24) is 8.87 Å². The molecule has 0 unspecified atom stereocenters. The van der Waals surface area contributed by atoms with Crippen molar-refractivity contribution in [3.63, 3.8) is 0 Å². The van der Waals surface area contributed by atoms with Crippen LogP contribution in [-0.2, 0) is 30.8 Å². The van der Waals surface area contributed by atoms with E-state index in [4.69, 9.17) is 9.47 Å².